The van der Waals surface area contributed by atoms with E-state index in [-0.39, 0.29) is 17.0 Å². The van der Waals surface area contributed by atoms with Gasteiger partial charge in [-0.2, -0.15) is 0 Å². The summed E-state index contributed by atoms with van der Waals surface area (Å²) in [5.41, 5.74) is 3.07. The van der Waals surface area contributed by atoms with Gasteiger partial charge in [0.1, 0.15) is 0 Å². The number of thiophene rings is 1. The first kappa shape index (κ1) is 15.1. The lowest BCUT2D eigenvalue weighted by molar-refractivity contribution is 0.670. The van der Waals surface area contributed by atoms with Gasteiger partial charge in [-0.15, -0.1) is 40.1 Å². The van der Waals surface area contributed by atoms with Crippen LogP contribution in [0.25, 0.3) is 0 Å². The van der Waals surface area contributed by atoms with Crippen LogP contribution in [0.2, 0.25) is 0 Å². The van der Waals surface area contributed by atoms with E-state index in [0.717, 1.165) is 19.5 Å². The van der Waals surface area contributed by atoms with Gasteiger partial charge in [0, 0.05) is 22.2 Å². The van der Waals surface area contributed by atoms with Crippen molar-refractivity contribution in [2.45, 2.75) is 17.2 Å². The van der Waals surface area contributed by atoms with Crippen LogP contribution < -0.4 is 5.32 Å². The Morgan fingerprint density at radius 3 is 2.89 bits per heavy atom. The van der Waals surface area contributed by atoms with Gasteiger partial charge >= 0.3 is 0 Å². The van der Waals surface area contributed by atoms with Crippen molar-refractivity contribution in [2.24, 2.45) is 0 Å². The summed E-state index contributed by atoms with van der Waals surface area (Å²) >= 11 is 3.74. The van der Waals surface area contributed by atoms with E-state index < -0.39 is 0 Å². The van der Waals surface area contributed by atoms with Gasteiger partial charge in [-0.25, -0.2) is 0 Å². The minimum Gasteiger partial charge on any atom is -0.315 e. The smallest absolute Gasteiger partial charge is 0.0311 e. The van der Waals surface area contributed by atoms with Crippen molar-refractivity contribution in [3.63, 3.8) is 0 Å². The number of benzene rings is 1. The van der Waals surface area contributed by atoms with E-state index in [2.05, 4.69) is 47.3 Å². The highest BCUT2D eigenvalue weighted by Gasteiger charge is 2.22. The molecular formula is C15H18BrNS2. The minimum absolute atomic E-state index is 0. The van der Waals surface area contributed by atoms with Gasteiger partial charge in [0.2, 0.25) is 0 Å². The lowest BCUT2D eigenvalue weighted by Crippen LogP contribution is -2.20. The van der Waals surface area contributed by atoms with Crippen LogP contribution in [0.4, 0.5) is 0 Å². The molecule has 1 N–H and O–H groups in total. The maximum Gasteiger partial charge on any atom is 0.0311 e. The summed E-state index contributed by atoms with van der Waals surface area (Å²) in [7, 11) is 0. The summed E-state index contributed by atoms with van der Waals surface area (Å²) in [6.07, 6.45) is 3.32. The van der Waals surface area contributed by atoms with Crippen LogP contribution in [0, 0.1) is 0 Å². The van der Waals surface area contributed by atoms with E-state index in [1.54, 1.807) is 5.56 Å². The van der Waals surface area contributed by atoms with Crippen molar-refractivity contribution >= 4 is 40.1 Å². The average molecular weight is 356 g/mol. The molecule has 0 radical (unpaired) electrons. The highest BCUT2D eigenvalue weighted by molar-refractivity contribution is 8.93. The lowest BCUT2D eigenvalue weighted by atomic mass is 9.93. The van der Waals surface area contributed by atoms with Crippen LogP contribution >= 0.6 is 40.1 Å². The molecule has 1 atom stereocenters. The van der Waals surface area contributed by atoms with E-state index in [1.807, 2.05) is 23.1 Å². The monoisotopic (exact) mass is 355 g/mol. The molecule has 2 aromatic rings. The van der Waals surface area contributed by atoms with Crippen LogP contribution in [-0.2, 0) is 6.42 Å². The fourth-order valence-electron chi connectivity index (χ4n) is 2.68. The number of halogens is 1. The second kappa shape index (κ2) is 6.93. The molecule has 4 heteroatoms. The number of fused-ring (bicyclic) bond motifs is 1. The Labute approximate surface area is 133 Å². The molecule has 0 bridgehead atoms. The number of thioether (sulfide) groups is 1. The van der Waals surface area contributed by atoms with E-state index >= 15 is 0 Å². The number of hydrogen-bond donors (Lipinski definition) is 1. The zero-order valence-electron chi connectivity index (χ0n) is 10.9. The molecule has 0 fully saturated rings. The number of nitrogens with one attached hydrogen (secondary N) is 1. The van der Waals surface area contributed by atoms with Crippen LogP contribution in [0.5, 0.6) is 0 Å². The summed E-state index contributed by atoms with van der Waals surface area (Å²) in [5.74, 6) is 0.523. The van der Waals surface area contributed by atoms with Gasteiger partial charge in [-0.05, 0) is 47.9 Å². The largest absolute Gasteiger partial charge is 0.315 e. The molecule has 1 unspecified atom stereocenters. The quantitative estimate of drug-likeness (QED) is 0.804. The van der Waals surface area contributed by atoms with Gasteiger partial charge in [0.05, 0.1) is 0 Å². The fraction of sp³-hybridized carbons (Fsp3) is 0.333. The van der Waals surface area contributed by atoms with E-state index in [4.69, 9.17) is 0 Å². The molecule has 0 saturated carbocycles. The normalized spacial score (nSPS) is 18.3. The van der Waals surface area contributed by atoms with Crippen molar-refractivity contribution in [1.29, 1.82) is 0 Å². The Kier molecular flexibility index (Phi) is 5.51. The molecule has 1 nitrogen and oxygen atoms in total. The van der Waals surface area contributed by atoms with E-state index in [1.165, 1.54) is 15.3 Å². The topological polar surface area (TPSA) is 12.0 Å². The Hall–Kier alpha value is -0.290. The maximum absolute atomic E-state index is 3.58. The van der Waals surface area contributed by atoms with Gasteiger partial charge in [0.25, 0.3) is 0 Å². The third-order valence-electron chi connectivity index (χ3n) is 3.55. The maximum atomic E-state index is 3.58. The van der Waals surface area contributed by atoms with Crippen LogP contribution in [0.3, 0.4) is 0 Å². The Morgan fingerprint density at radius 1 is 1.26 bits per heavy atom. The number of hydrogen-bond acceptors (Lipinski definition) is 3. The molecule has 0 saturated heterocycles. The molecule has 1 aliphatic heterocycles. The lowest BCUT2D eigenvalue weighted by Gasteiger charge is -2.17. The summed E-state index contributed by atoms with van der Waals surface area (Å²) in [6.45, 7) is 2.15. The van der Waals surface area contributed by atoms with Crippen LogP contribution in [-0.4, -0.2) is 19.3 Å². The zero-order valence-corrected chi connectivity index (χ0v) is 14.2. The predicted octanol–water partition coefficient (Wildman–Crippen LogP) is 4.33. The Balaban J connectivity index is 0.00000133. The van der Waals surface area contributed by atoms with Gasteiger partial charge in [0.15, 0.2) is 0 Å². The summed E-state index contributed by atoms with van der Waals surface area (Å²) in [4.78, 5) is 2.92. The van der Waals surface area contributed by atoms with Crippen molar-refractivity contribution in [3.05, 3.63) is 51.7 Å². The van der Waals surface area contributed by atoms with Gasteiger partial charge < -0.3 is 5.32 Å². The summed E-state index contributed by atoms with van der Waals surface area (Å²) in [5, 5.41) is 5.76. The second-order valence-corrected chi connectivity index (χ2v) is 6.38. The molecule has 1 aliphatic rings. The standard InChI is InChI=1S/C15H17NS2.BrH/c1-17-14-5-2-4-11-12(14)7-8-16-10-13(11)15-6-3-9-18-15;/h2-6,9,13,16H,7-8,10H2,1H3;1H. The van der Waals surface area contributed by atoms with Crippen molar-refractivity contribution in [1.82, 2.24) is 5.32 Å². The fourth-order valence-corrected chi connectivity index (χ4v) is 4.21. The minimum atomic E-state index is 0. The molecule has 1 aromatic carbocycles. The summed E-state index contributed by atoms with van der Waals surface area (Å²) in [6, 6.07) is 11.2. The first-order valence-corrected chi connectivity index (χ1v) is 8.40. The molecule has 102 valence electrons. The average Bonchev–Trinajstić information content (AvgIpc) is 2.84. The van der Waals surface area contributed by atoms with Crippen LogP contribution in [0.15, 0.2) is 40.6 Å². The molecule has 19 heavy (non-hydrogen) atoms. The van der Waals surface area contributed by atoms with Gasteiger partial charge in [-0.1, -0.05) is 18.2 Å². The molecular weight excluding hydrogens is 338 g/mol. The zero-order chi connectivity index (χ0) is 12.4. The Morgan fingerprint density at radius 2 is 2.16 bits per heavy atom. The molecule has 0 spiro atoms. The highest BCUT2D eigenvalue weighted by atomic mass is 79.9. The van der Waals surface area contributed by atoms with Crippen LogP contribution in [0.1, 0.15) is 21.9 Å². The SMILES string of the molecule is Br.CSc1cccc2c1CCNCC2c1cccs1. The molecule has 0 amide bonds. The third kappa shape index (κ3) is 3.07. The van der Waals surface area contributed by atoms with Crippen molar-refractivity contribution in [3.8, 4) is 0 Å². The van der Waals surface area contributed by atoms with Crippen molar-refractivity contribution < 1.29 is 0 Å². The highest BCUT2D eigenvalue weighted by Crippen LogP contribution is 2.35. The number of rotatable bonds is 2. The first-order chi connectivity index (χ1) is 8.90. The van der Waals surface area contributed by atoms with Gasteiger partial charge in [-0.3, -0.25) is 0 Å². The molecule has 2 heterocycles. The molecule has 0 aliphatic carbocycles. The summed E-state index contributed by atoms with van der Waals surface area (Å²) < 4.78 is 0. The Bertz CT molecular complexity index is 525. The predicted molar refractivity (Wildman–Crippen MR) is 91.3 cm³/mol. The molecule has 3 rings (SSSR count). The van der Waals surface area contributed by atoms with E-state index in [9.17, 15) is 0 Å². The van der Waals surface area contributed by atoms with E-state index in [0.29, 0.717) is 5.92 Å². The van der Waals surface area contributed by atoms with Crippen molar-refractivity contribution in [2.75, 3.05) is 19.3 Å². The third-order valence-corrected chi connectivity index (χ3v) is 5.36. The first-order valence-electron chi connectivity index (χ1n) is 6.30. The molecule has 1 aromatic heterocycles. The second-order valence-electron chi connectivity index (χ2n) is 4.55.